The average Bonchev–Trinajstić information content (AvgIpc) is 2.71. The second-order valence-corrected chi connectivity index (χ2v) is 5.39. The monoisotopic (exact) mass is 236 g/mol. The van der Waals surface area contributed by atoms with E-state index in [1.807, 2.05) is 0 Å². The zero-order valence-corrected chi connectivity index (χ0v) is 11.1. The Morgan fingerprint density at radius 2 is 1.44 bits per heavy atom. The second-order valence-electron chi connectivity index (χ2n) is 5.39. The van der Waals surface area contributed by atoms with Crippen LogP contribution in [0, 0.1) is 5.92 Å². The van der Waals surface area contributed by atoms with E-state index >= 15 is 0 Å². The molecule has 0 amide bonds. The molecule has 0 N–H and O–H groups in total. The van der Waals surface area contributed by atoms with Crippen LogP contribution < -0.4 is 0 Å². The standard InChI is InChI=1S/C18H20/c1-3-15-13(2)18(14-9-5-4-6-10-14)17-12-8-7-11-16(15)17/h4-13,15,18H,3H2,1-2H3/t13-,15+,18-/m1/s1. The molecule has 0 radical (unpaired) electrons. The molecule has 0 saturated heterocycles. The molecular weight excluding hydrogens is 216 g/mol. The van der Waals surface area contributed by atoms with E-state index in [-0.39, 0.29) is 0 Å². The lowest BCUT2D eigenvalue weighted by atomic mass is 9.83. The average molecular weight is 236 g/mol. The van der Waals surface area contributed by atoms with Gasteiger partial charge in [0.25, 0.3) is 0 Å². The lowest BCUT2D eigenvalue weighted by Crippen LogP contribution is -2.09. The Hall–Kier alpha value is -1.56. The van der Waals surface area contributed by atoms with Gasteiger partial charge >= 0.3 is 0 Å². The van der Waals surface area contributed by atoms with E-state index in [1.165, 1.54) is 12.0 Å². The summed E-state index contributed by atoms with van der Waals surface area (Å²) in [4.78, 5) is 0. The van der Waals surface area contributed by atoms with E-state index in [4.69, 9.17) is 0 Å². The number of hydrogen-bond acceptors (Lipinski definition) is 0. The molecule has 0 spiro atoms. The third kappa shape index (κ3) is 1.68. The molecule has 3 rings (SSSR count). The molecule has 92 valence electrons. The molecule has 3 atom stereocenters. The van der Waals surface area contributed by atoms with Gasteiger partial charge in [0.15, 0.2) is 0 Å². The summed E-state index contributed by atoms with van der Waals surface area (Å²) in [5.74, 6) is 1.99. The minimum Gasteiger partial charge on any atom is -0.0648 e. The van der Waals surface area contributed by atoms with Crippen LogP contribution in [0.1, 0.15) is 48.8 Å². The van der Waals surface area contributed by atoms with Gasteiger partial charge < -0.3 is 0 Å². The van der Waals surface area contributed by atoms with Crippen LogP contribution in [0.15, 0.2) is 54.6 Å². The maximum atomic E-state index is 2.41. The fourth-order valence-electron chi connectivity index (χ4n) is 3.67. The molecule has 2 aromatic carbocycles. The molecule has 2 aromatic rings. The number of benzene rings is 2. The number of fused-ring (bicyclic) bond motifs is 1. The van der Waals surface area contributed by atoms with Gasteiger partial charge in [0.2, 0.25) is 0 Å². The topological polar surface area (TPSA) is 0 Å². The first kappa shape index (κ1) is 11.5. The van der Waals surface area contributed by atoms with Crippen molar-refractivity contribution in [2.75, 3.05) is 0 Å². The zero-order valence-electron chi connectivity index (χ0n) is 11.1. The quantitative estimate of drug-likeness (QED) is 0.691. The van der Waals surface area contributed by atoms with Crippen molar-refractivity contribution in [3.63, 3.8) is 0 Å². The summed E-state index contributed by atoms with van der Waals surface area (Å²) in [6, 6.07) is 20.0. The molecule has 0 unspecified atom stereocenters. The van der Waals surface area contributed by atoms with Crippen LogP contribution in [-0.4, -0.2) is 0 Å². The van der Waals surface area contributed by atoms with E-state index in [0.29, 0.717) is 17.8 Å². The Labute approximate surface area is 110 Å². The molecular formula is C18H20. The fourth-order valence-corrected chi connectivity index (χ4v) is 3.67. The van der Waals surface area contributed by atoms with Crippen LogP contribution in [0.4, 0.5) is 0 Å². The summed E-state index contributed by atoms with van der Waals surface area (Å²) >= 11 is 0. The molecule has 18 heavy (non-hydrogen) atoms. The van der Waals surface area contributed by atoms with Crippen LogP contribution in [-0.2, 0) is 0 Å². The Bertz CT molecular complexity index is 527. The maximum absolute atomic E-state index is 2.41. The highest BCUT2D eigenvalue weighted by Crippen LogP contribution is 2.50. The van der Waals surface area contributed by atoms with Gasteiger partial charge in [-0.2, -0.15) is 0 Å². The summed E-state index contributed by atoms with van der Waals surface area (Å²) in [5, 5.41) is 0. The molecule has 1 aliphatic rings. The van der Waals surface area contributed by atoms with Crippen LogP contribution in [0.5, 0.6) is 0 Å². The Morgan fingerprint density at radius 3 is 2.11 bits per heavy atom. The van der Waals surface area contributed by atoms with E-state index in [2.05, 4.69) is 68.4 Å². The highest BCUT2D eigenvalue weighted by atomic mass is 14.4. The second kappa shape index (κ2) is 4.61. The van der Waals surface area contributed by atoms with Gasteiger partial charge in [-0.25, -0.2) is 0 Å². The first-order valence-corrected chi connectivity index (χ1v) is 6.96. The molecule has 0 bridgehead atoms. The van der Waals surface area contributed by atoms with Crippen molar-refractivity contribution in [2.45, 2.75) is 32.1 Å². The maximum Gasteiger partial charge on any atom is 0.0124 e. The lowest BCUT2D eigenvalue weighted by molar-refractivity contribution is 0.448. The smallest absolute Gasteiger partial charge is 0.0124 e. The summed E-state index contributed by atoms with van der Waals surface area (Å²) in [6.45, 7) is 4.72. The summed E-state index contributed by atoms with van der Waals surface area (Å²) in [6.07, 6.45) is 1.24. The summed E-state index contributed by atoms with van der Waals surface area (Å²) < 4.78 is 0. The van der Waals surface area contributed by atoms with Gasteiger partial charge in [0.1, 0.15) is 0 Å². The molecule has 0 heterocycles. The van der Waals surface area contributed by atoms with Gasteiger partial charge in [0.05, 0.1) is 0 Å². The Balaban J connectivity index is 2.11. The van der Waals surface area contributed by atoms with E-state index in [0.717, 1.165) is 0 Å². The lowest BCUT2D eigenvalue weighted by Gasteiger charge is -2.21. The predicted molar refractivity (Wildman–Crippen MR) is 76.9 cm³/mol. The van der Waals surface area contributed by atoms with E-state index in [1.54, 1.807) is 11.1 Å². The first-order valence-electron chi connectivity index (χ1n) is 6.96. The third-order valence-electron chi connectivity index (χ3n) is 4.49. The highest BCUT2D eigenvalue weighted by Gasteiger charge is 2.36. The van der Waals surface area contributed by atoms with Crippen molar-refractivity contribution in [1.82, 2.24) is 0 Å². The van der Waals surface area contributed by atoms with Crippen molar-refractivity contribution in [2.24, 2.45) is 5.92 Å². The van der Waals surface area contributed by atoms with Crippen molar-refractivity contribution in [3.8, 4) is 0 Å². The van der Waals surface area contributed by atoms with Crippen molar-refractivity contribution < 1.29 is 0 Å². The van der Waals surface area contributed by atoms with Crippen molar-refractivity contribution >= 4 is 0 Å². The van der Waals surface area contributed by atoms with Gasteiger partial charge in [-0.05, 0) is 34.9 Å². The highest BCUT2D eigenvalue weighted by molar-refractivity contribution is 5.45. The minimum atomic E-state index is 0.576. The van der Waals surface area contributed by atoms with Crippen LogP contribution in [0.25, 0.3) is 0 Å². The number of hydrogen-bond donors (Lipinski definition) is 0. The predicted octanol–water partition coefficient (Wildman–Crippen LogP) is 4.96. The fraction of sp³-hybridized carbons (Fsp3) is 0.333. The first-order chi connectivity index (χ1) is 8.83. The van der Waals surface area contributed by atoms with Crippen LogP contribution in [0.3, 0.4) is 0 Å². The summed E-state index contributed by atoms with van der Waals surface area (Å²) in [5.41, 5.74) is 4.58. The van der Waals surface area contributed by atoms with Crippen molar-refractivity contribution in [1.29, 1.82) is 0 Å². The van der Waals surface area contributed by atoms with Gasteiger partial charge in [-0.1, -0.05) is 68.4 Å². The van der Waals surface area contributed by atoms with E-state index in [9.17, 15) is 0 Å². The SMILES string of the molecule is CC[C@@H]1c2ccccc2[C@@H](c2ccccc2)[C@@H]1C. The van der Waals surface area contributed by atoms with E-state index < -0.39 is 0 Å². The van der Waals surface area contributed by atoms with Crippen molar-refractivity contribution in [3.05, 3.63) is 71.3 Å². The van der Waals surface area contributed by atoms with Gasteiger partial charge in [-0.15, -0.1) is 0 Å². The molecule has 0 saturated carbocycles. The zero-order chi connectivity index (χ0) is 12.5. The molecule has 0 fully saturated rings. The molecule has 0 aromatic heterocycles. The van der Waals surface area contributed by atoms with Crippen LogP contribution in [0.2, 0.25) is 0 Å². The Morgan fingerprint density at radius 1 is 0.833 bits per heavy atom. The molecule has 0 heteroatoms. The van der Waals surface area contributed by atoms with Gasteiger partial charge in [-0.3, -0.25) is 0 Å². The molecule has 0 aliphatic heterocycles. The third-order valence-corrected chi connectivity index (χ3v) is 4.49. The van der Waals surface area contributed by atoms with Gasteiger partial charge in [0, 0.05) is 5.92 Å². The molecule has 1 aliphatic carbocycles. The normalized spacial score (nSPS) is 26.0. The van der Waals surface area contributed by atoms with Crippen LogP contribution >= 0.6 is 0 Å². The minimum absolute atomic E-state index is 0.576. The Kier molecular flexibility index (Phi) is 2.95. The summed E-state index contributed by atoms with van der Waals surface area (Å²) in [7, 11) is 0. The molecule has 0 nitrogen and oxygen atoms in total. The largest absolute Gasteiger partial charge is 0.0648 e. The number of rotatable bonds is 2.